The number of alkyl halides is 2. The van der Waals surface area contributed by atoms with Gasteiger partial charge in [0.05, 0.1) is 4.90 Å². The van der Waals surface area contributed by atoms with E-state index < -0.39 is 20.8 Å². The molecule has 1 N–H and O–H groups in total. The minimum atomic E-state index is -3.92. The summed E-state index contributed by atoms with van der Waals surface area (Å²) in [6.45, 7) is 3.49. The Morgan fingerprint density at radius 1 is 1.29 bits per heavy atom. The lowest BCUT2D eigenvalue weighted by atomic mass is 10.2. The number of hydrogen-bond donors (Lipinski definition) is 1. The molecule has 0 aliphatic carbocycles. The molecule has 0 heterocycles. The Morgan fingerprint density at radius 2 is 1.88 bits per heavy atom. The van der Waals surface area contributed by atoms with Gasteiger partial charge in [0.25, 0.3) is 15.9 Å². The van der Waals surface area contributed by atoms with Gasteiger partial charge < -0.3 is 0 Å². The number of halogens is 2. The van der Waals surface area contributed by atoms with Crippen molar-refractivity contribution in [2.75, 3.05) is 0 Å². The zero-order valence-corrected chi connectivity index (χ0v) is 11.5. The molecule has 1 amide bonds. The van der Waals surface area contributed by atoms with E-state index in [1.165, 1.54) is 6.07 Å². The van der Waals surface area contributed by atoms with Crippen molar-refractivity contribution in [1.82, 2.24) is 4.72 Å². The Labute approximate surface area is 110 Å². The summed E-state index contributed by atoms with van der Waals surface area (Å²) >= 11 is 10.6. The molecule has 0 aliphatic heterocycles. The van der Waals surface area contributed by atoms with Gasteiger partial charge in [-0.05, 0) is 25.5 Å². The minimum Gasteiger partial charge on any atom is -0.271 e. The van der Waals surface area contributed by atoms with Gasteiger partial charge in [0.15, 0.2) is 4.84 Å². The SMILES string of the molecule is Cc1ccc(S(=O)(=O)NC(=O)C(Cl)Cl)c(C)c1. The predicted molar refractivity (Wildman–Crippen MR) is 66.7 cm³/mol. The molecule has 0 radical (unpaired) electrons. The van der Waals surface area contributed by atoms with E-state index in [-0.39, 0.29) is 4.90 Å². The van der Waals surface area contributed by atoms with E-state index >= 15 is 0 Å². The summed E-state index contributed by atoms with van der Waals surface area (Å²) in [5.74, 6) is -0.965. The van der Waals surface area contributed by atoms with Crippen LogP contribution in [0.3, 0.4) is 0 Å². The van der Waals surface area contributed by atoms with E-state index in [1.54, 1.807) is 23.8 Å². The summed E-state index contributed by atoms with van der Waals surface area (Å²) in [4.78, 5) is 9.77. The third-order valence-electron chi connectivity index (χ3n) is 2.05. The quantitative estimate of drug-likeness (QED) is 0.867. The van der Waals surface area contributed by atoms with Crippen LogP contribution >= 0.6 is 23.2 Å². The van der Waals surface area contributed by atoms with Gasteiger partial charge in [-0.3, -0.25) is 4.79 Å². The molecule has 0 fully saturated rings. The molecule has 0 aliphatic rings. The van der Waals surface area contributed by atoms with Gasteiger partial charge in [0.1, 0.15) is 0 Å². The first-order valence-electron chi connectivity index (χ1n) is 4.66. The topological polar surface area (TPSA) is 63.2 Å². The number of sulfonamides is 1. The molecule has 94 valence electrons. The summed E-state index contributed by atoms with van der Waals surface area (Å²) in [7, 11) is -3.92. The molecule has 0 saturated heterocycles. The van der Waals surface area contributed by atoms with Gasteiger partial charge in [-0.25, -0.2) is 13.1 Å². The van der Waals surface area contributed by atoms with Crippen LogP contribution in [0.1, 0.15) is 11.1 Å². The molecule has 1 rings (SSSR count). The van der Waals surface area contributed by atoms with Crippen LogP contribution in [0.4, 0.5) is 0 Å². The van der Waals surface area contributed by atoms with Crippen molar-refractivity contribution in [1.29, 1.82) is 0 Å². The smallest absolute Gasteiger partial charge is 0.266 e. The predicted octanol–water partition coefficient (Wildman–Crippen LogP) is 1.91. The number of aryl methyl sites for hydroxylation is 2. The van der Waals surface area contributed by atoms with E-state index in [0.29, 0.717) is 5.56 Å². The summed E-state index contributed by atoms with van der Waals surface area (Å²) in [5.41, 5.74) is 1.48. The van der Waals surface area contributed by atoms with E-state index in [0.717, 1.165) is 5.56 Å². The lowest BCUT2D eigenvalue weighted by molar-refractivity contribution is -0.117. The summed E-state index contributed by atoms with van der Waals surface area (Å²) in [6, 6.07) is 4.78. The second-order valence-electron chi connectivity index (χ2n) is 3.54. The highest BCUT2D eigenvalue weighted by atomic mass is 35.5. The van der Waals surface area contributed by atoms with Crippen LogP contribution < -0.4 is 4.72 Å². The summed E-state index contributed by atoms with van der Waals surface area (Å²) in [5, 5.41) is 0. The highest BCUT2D eigenvalue weighted by molar-refractivity contribution is 7.90. The van der Waals surface area contributed by atoms with Crippen LogP contribution in [0, 0.1) is 13.8 Å². The van der Waals surface area contributed by atoms with E-state index in [1.807, 2.05) is 6.92 Å². The van der Waals surface area contributed by atoms with Crippen molar-refractivity contribution in [3.05, 3.63) is 29.3 Å². The van der Waals surface area contributed by atoms with Crippen LogP contribution in [0.15, 0.2) is 23.1 Å². The monoisotopic (exact) mass is 295 g/mol. The van der Waals surface area contributed by atoms with Gasteiger partial charge in [0.2, 0.25) is 0 Å². The summed E-state index contributed by atoms with van der Waals surface area (Å²) in [6.07, 6.45) is 0. The van der Waals surface area contributed by atoms with Crippen molar-refractivity contribution < 1.29 is 13.2 Å². The number of amides is 1. The lowest BCUT2D eigenvalue weighted by Gasteiger charge is -2.10. The average molecular weight is 296 g/mol. The van der Waals surface area contributed by atoms with Gasteiger partial charge in [-0.2, -0.15) is 0 Å². The van der Waals surface area contributed by atoms with Gasteiger partial charge in [-0.1, -0.05) is 40.9 Å². The molecule has 0 bridgehead atoms. The highest BCUT2D eigenvalue weighted by Gasteiger charge is 2.22. The Hall–Kier alpha value is -0.780. The van der Waals surface area contributed by atoms with Crippen molar-refractivity contribution in [2.24, 2.45) is 0 Å². The fourth-order valence-corrected chi connectivity index (χ4v) is 2.79. The van der Waals surface area contributed by atoms with E-state index in [9.17, 15) is 13.2 Å². The first-order chi connectivity index (χ1) is 7.74. The van der Waals surface area contributed by atoms with E-state index in [4.69, 9.17) is 23.2 Å². The molecular formula is C10H11Cl2NO3S. The van der Waals surface area contributed by atoms with Gasteiger partial charge in [-0.15, -0.1) is 0 Å². The standard InChI is InChI=1S/C10H11Cl2NO3S/c1-6-3-4-8(7(2)5-6)17(15,16)13-10(14)9(11)12/h3-5,9H,1-2H3,(H,13,14). The molecule has 0 aromatic heterocycles. The molecule has 0 saturated carbocycles. The Bertz CT molecular complexity index is 540. The molecular weight excluding hydrogens is 285 g/mol. The minimum absolute atomic E-state index is 0.0328. The van der Waals surface area contributed by atoms with Crippen molar-refractivity contribution in [3.8, 4) is 0 Å². The second-order valence-corrected chi connectivity index (χ2v) is 6.29. The van der Waals surface area contributed by atoms with Crippen molar-refractivity contribution in [3.63, 3.8) is 0 Å². The Kier molecular flexibility index (Phi) is 4.41. The van der Waals surface area contributed by atoms with Crippen LogP contribution in [-0.2, 0) is 14.8 Å². The molecule has 0 atom stereocenters. The van der Waals surface area contributed by atoms with Gasteiger partial charge >= 0.3 is 0 Å². The number of rotatable bonds is 3. The highest BCUT2D eigenvalue weighted by Crippen LogP contribution is 2.16. The normalized spacial score (nSPS) is 11.6. The van der Waals surface area contributed by atoms with E-state index in [2.05, 4.69) is 0 Å². The first-order valence-corrected chi connectivity index (χ1v) is 7.01. The molecule has 7 heteroatoms. The second kappa shape index (κ2) is 5.25. The van der Waals surface area contributed by atoms with Crippen LogP contribution in [0.5, 0.6) is 0 Å². The summed E-state index contributed by atoms with van der Waals surface area (Å²) < 4.78 is 25.5. The largest absolute Gasteiger partial charge is 0.271 e. The average Bonchev–Trinajstić information content (AvgIpc) is 2.15. The van der Waals surface area contributed by atoms with Crippen LogP contribution in [0.25, 0.3) is 0 Å². The molecule has 1 aromatic rings. The molecule has 4 nitrogen and oxygen atoms in total. The zero-order chi connectivity index (χ0) is 13.2. The van der Waals surface area contributed by atoms with Crippen molar-refractivity contribution in [2.45, 2.75) is 23.6 Å². The number of carbonyl (C=O) groups excluding carboxylic acids is 1. The number of carbonyl (C=O) groups is 1. The molecule has 17 heavy (non-hydrogen) atoms. The molecule has 0 unspecified atom stereocenters. The van der Waals surface area contributed by atoms with Gasteiger partial charge in [0, 0.05) is 0 Å². The van der Waals surface area contributed by atoms with Crippen LogP contribution in [0.2, 0.25) is 0 Å². The lowest BCUT2D eigenvalue weighted by Crippen LogP contribution is -2.34. The Balaban J connectivity index is 3.10. The maximum absolute atomic E-state index is 11.8. The zero-order valence-electron chi connectivity index (χ0n) is 9.20. The number of nitrogens with one attached hydrogen (secondary N) is 1. The fraction of sp³-hybridized carbons (Fsp3) is 0.300. The van der Waals surface area contributed by atoms with Crippen molar-refractivity contribution >= 4 is 39.1 Å². The number of benzene rings is 1. The molecule has 1 aromatic carbocycles. The third-order valence-corrected chi connectivity index (χ3v) is 3.96. The Morgan fingerprint density at radius 3 is 2.35 bits per heavy atom. The maximum Gasteiger partial charge on any atom is 0.266 e. The third kappa shape index (κ3) is 3.59. The number of hydrogen-bond acceptors (Lipinski definition) is 3. The van der Waals surface area contributed by atoms with Crippen LogP contribution in [-0.4, -0.2) is 19.2 Å². The fourth-order valence-electron chi connectivity index (χ4n) is 1.33. The molecule has 0 spiro atoms. The first kappa shape index (κ1) is 14.3. The maximum atomic E-state index is 11.8.